The Morgan fingerprint density at radius 3 is 2.47 bits per heavy atom. The first kappa shape index (κ1) is 13.8. The van der Waals surface area contributed by atoms with Crippen LogP contribution in [0.15, 0.2) is 28.6 Å². The van der Waals surface area contributed by atoms with Gasteiger partial charge in [0.2, 0.25) is 10.0 Å². The van der Waals surface area contributed by atoms with Gasteiger partial charge in [-0.2, -0.15) is 0 Å². The quantitative estimate of drug-likeness (QED) is 0.923. The van der Waals surface area contributed by atoms with Crippen LogP contribution in [0, 0.1) is 0 Å². The molecule has 0 bridgehead atoms. The van der Waals surface area contributed by atoms with Crippen molar-refractivity contribution in [3.8, 4) is 22.1 Å². The number of sulfonamides is 1. The number of nitrogens with two attached hydrogens (primary N) is 1. The smallest absolute Gasteiger partial charge is 0.241 e. The SMILES string of the molecule is COc1cc(-c2nccs2)c(OC)c(S(N)(=O)=O)c1. The Morgan fingerprint density at radius 2 is 2.00 bits per heavy atom. The molecule has 0 spiro atoms. The highest BCUT2D eigenvalue weighted by atomic mass is 32.2. The molecule has 2 rings (SSSR count). The predicted molar refractivity (Wildman–Crippen MR) is 72.0 cm³/mol. The normalized spacial score (nSPS) is 11.3. The zero-order valence-corrected chi connectivity index (χ0v) is 11.9. The first-order chi connectivity index (χ1) is 8.97. The van der Waals surface area contributed by atoms with Crippen molar-refractivity contribution in [2.45, 2.75) is 4.90 Å². The van der Waals surface area contributed by atoms with Crippen molar-refractivity contribution in [1.82, 2.24) is 4.98 Å². The van der Waals surface area contributed by atoms with Crippen LogP contribution >= 0.6 is 11.3 Å². The third-order valence-electron chi connectivity index (χ3n) is 2.44. The summed E-state index contributed by atoms with van der Waals surface area (Å²) in [6.45, 7) is 0. The van der Waals surface area contributed by atoms with Crippen LogP contribution < -0.4 is 14.6 Å². The lowest BCUT2D eigenvalue weighted by Gasteiger charge is -2.13. The average molecular weight is 300 g/mol. The lowest BCUT2D eigenvalue weighted by Crippen LogP contribution is -2.14. The number of rotatable bonds is 4. The molecule has 0 aliphatic carbocycles. The molecule has 0 fully saturated rings. The highest BCUT2D eigenvalue weighted by molar-refractivity contribution is 7.89. The number of aromatic nitrogens is 1. The van der Waals surface area contributed by atoms with E-state index in [1.165, 1.54) is 31.6 Å². The molecule has 102 valence electrons. The standard InChI is InChI=1S/C11H12N2O4S2/c1-16-7-5-8(11-13-3-4-18-11)10(17-2)9(6-7)19(12,14)15/h3-6H,1-2H3,(H2,12,14,15). The minimum absolute atomic E-state index is 0.125. The molecule has 0 saturated carbocycles. The largest absolute Gasteiger partial charge is 0.497 e. The van der Waals surface area contributed by atoms with Crippen LogP contribution in [0.25, 0.3) is 10.6 Å². The second kappa shape index (κ2) is 5.16. The van der Waals surface area contributed by atoms with E-state index in [9.17, 15) is 8.42 Å². The van der Waals surface area contributed by atoms with Crippen molar-refractivity contribution in [3.63, 3.8) is 0 Å². The number of benzene rings is 1. The summed E-state index contributed by atoms with van der Waals surface area (Å²) in [5.41, 5.74) is 0.529. The van der Waals surface area contributed by atoms with Gasteiger partial charge in [-0.3, -0.25) is 0 Å². The number of nitrogens with zero attached hydrogens (tertiary/aromatic N) is 1. The molecular formula is C11H12N2O4S2. The van der Waals surface area contributed by atoms with E-state index in [0.717, 1.165) is 0 Å². The zero-order chi connectivity index (χ0) is 14.0. The fourth-order valence-corrected chi connectivity index (χ4v) is 3.02. The first-order valence-electron chi connectivity index (χ1n) is 5.16. The Morgan fingerprint density at radius 1 is 1.26 bits per heavy atom. The molecule has 0 atom stereocenters. The van der Waals surface area contributed by atoms with E-state index in [4.69, 9.17) is 14.6 Å². The molecule has 1 aromatic heterocycles. The van der Waals surface area contributed by atoms with Gasteiger partial charge in [-0.05, 0) is 6.07 Å². The number of methoxy groups -OCH3 is 2. The summed E-state index contributed by atoms with van der Waals surface area (Å²) >= 11 is 1.36. The van der Waals surface area contributed by atoms with Gasteiger partial charge in [-0.25, -0.2) is 18.5 Å². The molecule has 6 nitrogen and oxygen atoms in total. The van der Waals surface area contributed by atoms with E-state index >= 15 is 0 Å². The highest BCUT2D eigenvalue weighted by Gasteiger charge is 2.22. The molecule has 0 aliphatic rings. The number of primary sulfonamides is 1. The van der Waals surface area contributed by atoms with Gasteiger partial charge in [0.1, 0.15) is 21.4 Å². The highest BCUT2D eigenvalue weighted by Crippen LogP contribution is 2.39. The van der Waals surface area contributed by atoms with Crippen LogP contribution in [0.1, 0.15) is 0 Å². The molecule has 0 amide bonds. The second-order valence-electron chi connectivity index (χ2n) is 3.59. The molecule has 19 heavy (non-hydrogen) atoms. The third-order valence-corrected chi connectivity index (χ3v) is 4.16. The summed E-state index contributed by atoms with van der Waals surface area (Å²) in [6.07, 6.45) is 1.62. The molecule has 0 saturated heterocycles. The summed E-state index contributed by atoms with van der Waals surface area (Å²) in [5.74, 6) is 0.535. The maximum Gasteiger partial charge on any atom is 0.241 e. The van der Waals surface area contributed by atoms with Gasteiger partial charge < -0.3 is 9.47 Å². The molecule has 0 radical (unpaired) electrons. The van der Waals surface area contributed by atoms with E-state index in [2.05, 4.69) is 4.98 Å². The summed E-state index contributed by atoms with van der Waals surface area (Å²) in [5, 5.41) is 7.61. The van der Waals surface area contributed by atoms with Gasteiger partial charge in [-0.1, -0.05) is 0 Å². The zero-order valence-electron chi connectivity index (χ0n) is 10.3. The van der Waals surface area contributed by atoms with Crippen molar-refractivity contribution >= 4 is 21.4 Å². The lowest BCUT2D eigenvalue weighted by molar-refractivity contribution is 0.394. The van der Waals surface area contributed by atoms with Crippen LogP contribution in [-0.2, 0) is 10.0 Å². The molecule has 8 heteroatoms. The number of ether oxygens (including phenoxy) is 2. The van der Waals surface area contributed by atoms with E-state index in [1.807, 2.05) is 0 Å². The second-order valence-corrected chi connectivity index (χ2v) is 6.01. The van der Waals surface area contributed by atoms with Crippen LogP contribution in [0.3, 0.4) is 0 Å². The van der Waals surface area contributed by atoms with Crippen molar-refractivity contribution in [2.75, 3.05) is 14.2 Å². The summed E-state index contributed by atoms with van der Waals surface area (Å²) in [7, 11) is -1.09. The van der Waals surface area contributed by atoms with E-state index < -0.39 is 10.0 Å². The topological polar surface area (TPSA) is 91.5 Å². The fraction of sp³-hybridized carbons (Fsp3) is 0.182. The van der Waals surface area contributed by atoms with Crippen molar-refractivity contribution in [3.05, 3.63) is 23.7 Å². The van der Waals surface area contributed by atoms with E-state index in [1.54, 1.807) is 17.6 Å². The monoisotopic (exact) mass is 300 g/mol. The molecule has 0 aliphatic heterocycles. The fourth-order valence-electron chi connectivity index (χ4n) is 1.63. The van der Waals surface area contributed by atoms with Gasteiger partial charge in [0.25, 0.3) is 0 Å². The molecule has 2 aromatic rings. The molecule has 1 heterocycles. The summed E-state index contributed by atoms with van der Waals surface area (Å²) in [4.78, 5) is 4.02. The van der Waals surface area contributed by atoms with Crippen molar-refractivity contribution in [1.29, 1.82) is 0 Å². The molecule has 0 unspecified atom stereocenters. The maximum absolute atomic E-state index is 11.6. The Balaban J connectivity index is 2.79. The van der Waals surface area contributed by atoms with Crippen LogP contribution in [0.5, 0.6) is 11.5 Å². The maximum atomic E-state index is 11.6. The van der Waals surface area contributed by atoms with Crippen LogP contribution in [-0.4, -0.2) is 27.6 Å². The Bertz CT molecular complexity index is 681. The van der Waals surface area contributed by atoms with Crippen LogP contribution in [0.4, 0.5) is 0 Å². The van der Waals surface area contributed by atoms with E-state index in [0.29, 0.717) is 16.3 Å². The Hall–Kier alpha value is -1.64. The number of thiazole rings is 1. The Labute approximate surface area is 114 Å². The molecule has 1 aromatic carbocycles. The summed E-state index contributed by atoms with van der Waals surface area (Å²) < 4.78 is 33.5. The van der Waals surface area contributed by atoms with Gasteiger partial charge in [-0.15, -0.1) is 11.3 Å². The third kappa shape index (κ3) is 2.70. The number of hydrogen-bond acceptors (Lipinski definition) is 6. The summed E-state index contributed by atoms with van der Waals surface area (Å²) in [6, 6.07) is 2.98. The number of hydrogen-bond donors (Lipinski definition) is 1. The van der Waals surface area contributed by atoms with Gasteiger partial charge in [0.15, 0.2) is 0 Å². The minimum Gasteiger partial charge on any atom is -0.497 e. The van der Waals surface area contributed by atoms with Gasteiger partial charge >= 0.3 is 0 Å². The van der Waals surface area contributed by atoms with Gasteiger partial charge in [0.05, 0.1) is 19.8 Å². The average Bonchev–Trinajstić information content (AvgIpc) is 2.89. The van der Waals surface area contributed by atoms with Crippen molar-refractivity contribution in [2.24, 2.45) is 5.14 Å². The predicted octanol–water partition coefficient (Wildman–Crippen LogP) is 1.47. The minimum atomic E-state index is -3.92. The van der Waals surface area contributed by atoms with Crippen molar-refractivity contribution < 1.29 is 17.9 Å². The van der Waals surface area contributed by atoms with E-state index in [-0.39, 0.29) is 10.6 Å². The molecule has 2 N–H and O–H groups in total. The van der Waals surface area contributed by atoms with Gasteiger partial charge in [0, 0.05) is 17.6 Å². The first-order valence-corrected chi connectivity index (χ1v) is 7.58. The lowest BCUT2D eigenvalue weighted by atomic mass is 10.2. The molecular weight excluding hydrogens is 288 g/mol. The van der Waals surface area contributed by atoms with Crippen LogP contribution in [0.2, 0.25) is 0 Å². The Kier molecular flexibility index (Phi) is 3.74.